The first-order valence-electron chi connectivity index (χ1n) is 8.95. The maximum atomic E-state index is 12.9. The standard InChI is InChI=1S/C18H22ClN5O3/c1-3-15(17(25)23-10-8-13(9-11-23)18(26)27-2)24-21-16(20-22-24)12-4-6-14(19)7-5-12/h4-7,13,15H,3,8-11H2,1-2H3. The molecule has 1 aromatic carbocycles. The second-order valence-electron chi connectivity index (χ2n) is 6.49. The normalized spacial score (nSPS) is 16.2. The predicted molar refractivity (Wildman–Crippen MR) is 98.9 cm³/mol. The van der Waals surface area contributed by atoms with Gasteiger partial charge in [0.2, 0.25) is 11.7 Å². The van der Waals surface area contributed by atoms with E-state index in [1.54, 1.807) is 17.0 Å². The van der Waals surface area contributed by atoms with E-state index in [0.717, 1.165) is 5.56 Å². The smallest absolute Gasteiger partial charge is 0.308 e. The molecule has 0 spiro atoms. The minimum absolute atomic E-state index is 0.0547. The van der Waals surface area contributed by atoms with Crippen LogP contribution in [-0.4, -0.2) is 57.2 Å². The van der Waals surface area contributed by atoms with Crippen LogP contribution in [0.1, 0.15) is 32.2 Å². The topological polar surface area (TPSA) is 90.2 Å². The van der Waals surface area contributed by atoms with Crippen molar-refractivity contribution in [2.24, 2.45) is 5.92 Å². The van der Waals surface area contributed by atoms with E-state index >= 15 is 0 Å². The molecule has 0 radical (unpaired) electrons. The molecule has 1 amide bonds. The Labute approximate surface area is 162 Å². The molecule has 9 heteroatoms. The summed E-state index contributed by atoms with van der Waals surface area (Å²) in [7, 11) is 1.39. The van der Waals surface area contributed by atoms with Crippen LogP contribution in [0.2, 0.25) is 5.02 Å². The largest absolute Gasteiger partial charge is 0.469 e. The van der Waals surface area contributed by atoms with Gasteiger partial charge in [-0.15, -0.1) is 10.2 Å². The number of benzene rings is 1. The minimum atomic E-state index is -0.520. The number of hydrogen-bond donors (Lipinski definition) is 0. The molecule has 1 unspecified atom stereocenters. The number of aromatic nitrogens is 4. The molecule has 1 atom stereocenters. The number of carbonyl (C=O) groups excluding carboxylic acids is 2. The summed E-state index contributed by atoms with van der Waals surface area (Å²) < 4.78 is 4.79. The Morgan fingerprint density at radius 2 is 1.93 bits per heavy atom. The van der Waals surface area contributed by atoms with E-state index in [-0.39, 0.29) is 17.8 Å². The molecule has 1 aromatic heterocycles. The molecule has 1 aliphatic rings. The maximum Gasteiger partial charge on any atom is 0.308 e. The van der Waals surface area contributed by atoms with Gasteiger partial charge < -0.3 is 9.64 Å². The molecule has 1 saturated heterocycles. The van der Waals surface area contributed by atoms with Gasteiger partial charge in [0.15, 0.2) is 6.04 Å². The van der Waals surface area contributed by atoms with Gasteiger partial charge in [-0.1, -0.05) is 18.5 Å². The highest BCUT2D eigenvalue weighted by atomic mass is 35.5. The van der Waals surface area contributed by atoms with Gasteiger partial charge in [0, 0.05) is 23.7 Å². The summed E-state index contributed by atoms with van der Waals surface area (Å²) in [4.78, 5) is 27.7. The number of halogens is 1. The molecule has 1 fully saturated rings. The third-order valence-corrected chi connectivity index (χ3v) is 5.07. The van der Waals surface area contributed by atoms with Gasteiger partial charge in [-0.05, 0) is 48.7 Å². The van der Waals surface area contributed by atoms with Crippen LogP contribution in [0.4, 0.5) is 0 Å². The number of tetrazole rings is 1. The highest BCUT2D eigenvalue weighted by Crippen LogP contribution is 2.23. The molecule has 2 aromatic rings. The zero-order chi connectivity index (χ0) is 19.4. The first-order chi connectivity index (χ1) is 13.0. The second-order valence-corrected chi connectivity index (χ2v) is 6.92. The zero-order valence-electron chi connectivity index (χ0n) is 15.3. The van der Waals surface area contributed by atoms with Crippen LogP contribution in [0.25, 0.3) is 11.4 Å². The van der Waals surface area contributed by atoms with E-state index in [2.05, 4.69) is 15.4 Å². The van der Waals surface area contributed by atoms with Gasteiger partial charge in [0.25, 0.3) is 0 Å². The van der Waals surface area contributed by atoms with Gasteiger partial charge in [0.05, 0.1) is 13.0 Å². The summed E-state index contributed by atoms with van der Waals surface area (Å²) in [5.41, 5.74) is 0.784. The van der Waals surface area contributed by atoms with Crippen LogP contribution in [0.5, 0.6) is 0 Å². The summed E-state index contributed by atoms with van der Waals surface area (Å²) in [6.07, 6.45) is 1.76. The van der Waals surface area contributed by atoms with Crippen molar-refractivity contribution < 1.29 is 14.3 Å². The Balaban J connectivity index is 1.69. The van der Waals surface area contributed by atoms with E-state index < -0.39 is 6.04 Å². The molecule has 144 valence electrons. The van der Waals surface area contributed by atoms with Crippen LogP contribution >= 0.6 is 11.6 Å². The Morgan fingerprint density at radius 3 is 2.52 bits per heavy atom. The Hall–Kier alpha value is -2.48. The van der Waals surface area contributed by atoms with Crippen molar-refractivity contribution in [3.8, 4) is 11.4 Å². The molecule has 0 saturated carbocycles. The summed E-state index contributed by atoms with van der Waals surface area (Å²) in [6, 6.07) is 6.61. The number of nitrogens with zero attached hydrogens (tertiary/aromatic N) is 5. The van der Waals surface area contributed by atoms with Gasteiger partial charge in [-0.25, -0.2) is 0 Å². The average molecular weight is 392 g/mol. The van der Waals surface area contributed by atoms with Crippen molar-refractivity contribution in [1.29, 1.82) is 0 Å². The van der Waals surface area contributed by atoms with Gasteiger partial charge >= 0.3 is 5.97 Å². The van der Waals surface area contributed by atoms with Gasteiger partial charge in [0.1, 0.15) is 0 Å². The van der Waals surface area contributed by atoms with Crippen LogP contribution in [0.3, 0.4) is 0 Å². The molecule has 27 heavy (non-hydrogen) atoms. The molecule has 3 rings (SSSR count). The number of likely N-dealkylation sites (tertiary alicyclic amines) is 1. The average Bonchev–Trinajstić information content (AvgIpc) is 3.18. The molecule has 1 aliphatic heterocycles. The zero-order valence-corrected chi connectivity index (χ0v) is 16.1. The number of piperidine rings is 1. The van der Waals surface area contributed by atoms with E-state index in [1.165, 1.54) is 11.9 Å². The number of rotatable bonds is 5. The van der Waals surface area contributed by atoms with Crippen molar-refractivity contribution in [3.63, 3.8) is 0 Å². The molecular weight excluding hydrogens is 370 g/mol. The fourth-order valence-electron chi connectivity index (χ4n) is 3.22. The fourth-order valence-corrected chi connectivity index (χ4v) is 3.35. The Bertz CT molecular complexity index is 800. The minimum Gasteiger partial charge on any atom is -0.469 e. The highest BCUT2D eigenvalue weighted by molar-refractivity contribution is 6.30. The van der Waals surface area contributed by atoms with Crippen LogP contribution in [0.15, 0.2) is 24.3 Å². The van der Waals surface area contributed by atoms with E-state index in [0.29, 0.717) is 43.2 Å². The van der Waals surface area contributed by atoms with Gasteiger partial charge in [-0.3, -0.25) is 9.59 Å². The van der Waals surface area contributed by atoms with Crippen LogP contribution < -0.4 is 0 Å². The molecule has 0 N–H and O–H groups in total. The van der Waals surface area contributed by atoms with E-state index in [1.807, 2.05) is 19.1 Å². The molecule has 0 bridgehead atoms. The Morgan fingerprint density at radius 1 is 1.26 bits per heavy atom. The van der Waals surface area contributed by atoms with E-state index in [9.17, 15) is 9.59 Å². The number of hydrogen-bond acceptors (Lipinski definition) is 6. The number of esters is 1. The van der Waals surface area contributed by atoms with Gasteiger partial charge in [-0.2, -0.15) is 4.80 Å². The summed E-state index contributed by atoms with van der Waals surface area (Å²) in [5, 5.41) is 13.2. The van der Waals surface area contributed by atoms with Crippen LogP contribution in [0, 0.1) is 5.92 Å². The maximum absolute atomic E-state index is 12.9. The number of carbonyl (C=O) groups is 2. The monoisotopic (exact) mass is 391 g/mol. The lowest BCUT2D eigenvalue weighted by atomic mass is 9.96. The van der Waals surface area contributed by atoms with Crippen molar-refractivity contribution in [3.05, 3.63) is 29.3 Å². The second kappa shape index (κ2) is 8.47. The first kappa shape index (κ1) is 19.3. The van der Waals surface area contributed by atoms with E-state index in [4.69, 9.17) is 16.3 Å². The summed E-state index contributed by atoms with van der Waals surface area (Å²) >= 11 is 5.90. The number of methoxy groups -OCH3 is 1. The SMILES string of the molecule is CCC(C(=O)N1CCC(C(=O)OC)CC1)n1nnc(-c2ccc(Cl)cc2)n1. The Kier molecular flexibility index (Phi) is 6.05. The third-order valence-electron chi connectivity index (χ3n) is 4.82. The highest BCUT2D eigenvalue weighted by Gasteiger charge is 2.32. The number of ether oxygens (including phenoxy) is 1. The van der Waals surface area contributed by atoms with Crippen LogP contribution in [-0.2, 0) is 14.3 Å². The predicted octanol–water partition coefficient (Wildman–Crippen LogP) is 2.36. The van der Waals surface area contributed by atoms with Crippen molar-refractivity contribution in [1.82, 2.24) is 25.1 Å². The lowest BCUT2D eigenvalue weighted by Gasteiger charge is -2.32. The van der Waals surface area contributed by atoms with Crippen molar-refractivity contribution in [2.75, 3.05) is 20.2 Å². The summed E-state index contributed by atoms with van der Waals surface area (Å²) in [6.45, 7) is 2.96. The molecule has 8 nitrogen and oxygen atoms in total. The molecule has 2 heterocycles. The van der Waals surface area contributed by atoms with Crippen molar-refractivity contribution in [2.45, 2.75) is 32.2 Å². The summed E-state index contributed by atoms with van der Waals surface area (Å²) in [5.74, 6) is 0.0445. The fraction of sp³-hybridized carbons (Fsp3) is 0.500. The first-order valence-corrected chi connectivity index (χ1v) is 9.33. The van der Waals surface area contributed by atoms with Crippen molar-refractivity contribution >= 4 is 23.5 Å². The lowest BCUT2D eigenvalue weighted by molar-refractivity contribution is -0.149. The quantitative estimate of drug-likeness (QED) is 0.727. The molecular formula is C18H22ClN5O3. The lowest BCUT2D eigenvalue weighted by Crippen LogP contribution is -2.44. The third kappa shape index (κ3) is 4.27. The number of amides is 1. The molecule has 0 aliphatic carbocycles.